The van der Waals surface area contributed by atoms with Crippen molar-refractivity contribution in [3.8, 4) is 0 Å². The van der Waals surface area contributed by atoms with E-state index in [1.54, 1.807) is 0 Å². The van der Waals surface area contributed by atoms with Crippen LogP contribution in [0.5, 0.6) is 0 Å². The Labute approximate surface area is 135 Å². The number of amides is 2. The third-order valence-corrected chi connectivity index (χ3v) is 4.71. The summed E-state index contributed by atoms with van der Waals surface area (Å²) < 4.78 is 0. The second kappa shape index (κ2) is 6.13. The van der Waals surface area contributed by atoms with Crippen molar-refractivity contribution in [2.75, 3.05) is 13.1 Å². The van der Waals surface area contributed by atoms with E-state index >= 15 is 0 Å². The first kappa shape index (κ1) is 15.1. The molecule has 0 spiro atoms. The number of nitrogens with zero attached hydrogens (tertiary/aromatic N) is 2. The van der Waals surface area contributed by atoms with E-state index in [0.29, 0.717) is 11.6 Å². The van der Waals surface area contributed by atoms with Gasteiger partial charge in [0, 0.05) is 13.1 Å². The summed E-state index contributed by atoms with van der Waals surface area (Å²) in [6, 6.07) is 9.48. The largest absolute Gasteiger partial charge is 0.366 e. The molecule has 0 unspecified atom stereocenters. The van der Waals surface area contributed by atoms with E-state index in [4.69, 9.17) is 11.6 Å². The lowest BCUT2D eigenvalue weighted by Gasteiger charge is -2.32. The van der Waals surface area contributed by atoms with E-state index in [9.17, 15) is 9.59 Å². The minimum Gasteiger partial charge on any atom is -0.366 e. The van der Waals surface area contributed by atoms with Crippen LogP contribution in [0.4, 0.5) is 0 Å². The smallest absolute Gasteiger partial charge is 0.279 e. The summed E-state index contributed by atoms with van der Waals surface area (Å²) in [5.41, 5.74) is 1.30. The molecule has 2 amide bonds. The average Bonchev–Trinajstić information content (AvgIpc) is 2.73. The van der Waals surface area contributed by atoms with Gasteiger partial charge in [0.15, 0.2) is 0 Å². The number of piperidine rings is 1. The molecule has 1 aromatic carbocycles. The maximum Gasteiger partial charge on any atom is 0.279 e. The van der Waals surface area contributed by atoms with Crippen molar-refractivity contribution in [2.45, 2.75) is 26.3 Å². The van der Waals surface area contributed by atoms with E-state index in [1.807, 2.05) is 35.2 Å². The molecule has 4 nitrogen and oxygen atoms in total. The Morgan fingerprint density at radius 1 is 1.09 bits per heavy atom. The molecule has 2 aliphatic heterocycles. The molecule has 2 aliphatic rings. The van der Waals surface area contributed by atoms with Crippen LogP contribution >= 0.6 is 11.6 Å². The number of benzene rings is 1. The molecule has 1 saturated heterocycles. The zero-order valence-corrected chi connectivity index (χ0v) is 13.3. The molecule has 0 saturated carbocycles. The first-order valence-electron chi connectivity index (χ1n) is 7.62. The summed E-state index contributed by atoms with van der Waals surface area (Å²) in [6.07, 6.45) is 2.04. The molecule has 3 rings (SSSR count). The SMILES string of the molecule is CC1CCN(C2=C(Cl)C(=O)N(Cc3ccccc3)C2=O)CC1. The van der Waals surface area contributed by atoms with Crippen molar-refractivity contribution in [3.05, 3.63) is 46.6 Å². The highest BCUT2D eigenvalue weighted by Gasteiger charge is 2.40. The highest BCUT2D eigenvalue weighted by atomic mass is 35.5. The van der Waals surface area contributed by atoms with Crippen LogP contribution in [0, 0.1) is 5.92 Å². The van der Waals surface area contributed by atoms with Crippen molar-refractivity contribution < 1.29 is 9.59 Å². The number of hydrogen-bond acceptors (Lipinski definition) is 3. The minimum absolute atomic E-state index is 0.0653. The summed E-state index contributed by atoms with van der Waals surface area (Å²) in [4.78, 5) is 28.2. The number of hydrogen-bond donors (Lipinski definition) is 0. The number of likely N-dealkylation sites (tertiary alicyclic amines) is 1. The third kappa shape index (κ3) is 2.75. The Morgan fingerprint density at radius 2 is 1.73 bits per heavy atom. The van der Waals surface area contributed by atoms with Gasteiger partial charge in [-0.2, -0.15) is 0 Å². The van der Waals surface area contributed by atoms with E-state index < -0.39 is 0 Å². The highest BCUT2D eigenvalue weighted by Crippen LogP contribution is 2.30. The number of carbonyl (C=O) groups excluding carboxylic acids is 2. The van der Waals surface area contributed by atoms with Crippen molar-refractivity contribution in [1.82, 2.24) is 9.80 Å². The predicted octanol–water partition coefficient (Wildman–Crippen LogP) is 2.74. The summed E-state index contributed by atoms with van der Waals surface area (Å²) >= 11 is 6.18. The van der Waals surface area contributed by atoms with Gasteiger partial charge in [0.25, 0.3) is 11.8 Å². The van der Waals surface area contributed by atoms with Crippen LogP contribution in [0.3, 0.4) is 0 Å². The predicted molar refractivity (Wildman–Crippen MR) is 84.8 cm³/mol. The first-order valence-corrected chi connectivity index (χ1v) is 8.00. The molecule has 116 valence electrons. The monoisotopic (exact) mass is 318 g/mol. The van der Waals surface area contributed by atoms with Crippen LogP contribution in [0.1, 0.15) is 25.3 Å². The Hall–Kier alpha value is -1.81. The standard InChI is InChI=1S/C17H19ClN2O2/c1-12-7-9-19(10-8-12)15-14(18)16(21)20(17(15)22)11-13-5-3-2-4-6-13/h2-6,12H,7-11H2,1H3. The number of rotatable bonds is 3. The Bertz CT molecular complexity index is 619. The molecule has 5 heteroatoms. The van der Waals surface area contributed by atoms with Crippen LogP contribution in [0.15, 0.2) is 41.1 Å². The molecule has 0 N–H and O–H groups in total. The molecule has 0 atom stereocenters. The van der Waals surface area contributed by atoms with Crippen molar-refractivity contribution >= 4 is 23.4 Å². The van der Waals surface area contributed by atoms with Gasteiger partial charge >= 0.3 is 0 Å². The van der Waals surface area contributed by atoms with Crippen molar-refractivity contribution in [2.24, 2.45) is 5.92 Å². The van der Waals surface area contributed by atoms with Crippen molar-refractivity contribution in [3.63, 3.8) is 0 Å². The summed E-state index contributed by atoms with van der Waals surface area (Å²) in [5.74, 6) is 0.000742. The van der Waals surface area contributed by atoms with Gasteiger partial charge in [-0.25, -0.2) is 0 Å². The van der Waals surface area contributed by atoms with Gasteiger partial charge in [-0.3, -0.25) is 14.5 Å². The molecular formula is C17H19ClN2O2. The fourth-order valence-electron chi connectivity index (χ4n) is 2.95. The van der Waals surface area contributed by atoms with Crippen LogP contribution in [0.2, 0.25) is 0 Å². The lowest BCUT2D eigenvalue weighted by Crippen LogP contribution is -2.38. The number of imide groups is 1. The lowest BCUT2D eigenvalue weighted by atomic mass is 9.99. The molecule has 1 aromatic rings. The topological polar surface area (TPSA) is 40.6 Å². The molecule has 2 heterocycles. The Balaban J connectivity index is 1.78. The summed E-state index contributed by atoms with van der Waals surface area (Å²) in [7, 11) is 0. The molecule has 0 bridgehead atoms. The van der Waals surface area contributed by atoms with Crippen LogP contribution in [-0.2, 0) is 16.1 Å². The maximum absolute atomic E-state index is 12.6. The fourth-order valence-corrected chi connectivity index (χ4v) is 3.25. The quantitative estimate of drug-likeness (QED) is 0.805. The van der Waals surface area contributed by atoms with Gasteiger partial charge in [0.2, 0.25) is 0 Å². The normalized spacial score (nSPS) is 20.3. The Morgan fingerprint density at radius 3 is 2.36 bits per heavy atom. The van der Waals surface area contributed by atoms with Crippen molar-refractivity contribution in [1.29, 1.82) is 0 Å². The molecular weight excluding hydrogens is 300 g/mol. The van der Waals surface area contributed by atoms with Gasteiger partial charge < -0.3 is 4.90 Å². The minimum atomic E-state index is -0.385. The van der Waals surface area contributed by atoms with Gasteiger partial charge in [-0.05, 0) is 24.3 Å². The summed E-state index contributed by atoms with van der Waals surface area (Å²) in [6.45, 7) is 4.04. The number of halogens is 1. The Kier molecular flexibility index (Phi) is 4.21. The molecule has 0 radical (unpaired) electrons. The lowest BCUT2D eigenvalue weighted by molar-refractivity contribution is -0.138. The average molecular weight is 319 g/mol. The number of carbonyl (C=O) groups is 2. The zero-order chi connectivity index (χ0) is 15.7. The molecule has 1 fully saturated rings. The van der Waals surface area contributed by atoms with Gasteiger partial charge in [-0.15, -0.1) is 0 Å². The summed E-state index contributed by atoms with van der Waals surface area (Å²) in [5, 5.41) is 0.0653. The van der Waals surface area contributed by atoms with E-state index in [0.717, 1.165) is 31.5 Å². The van der Waals surface area contributed by atoms with E-state index in [2.05, 4.69) is 6.92 Å². The van der Waals surface area contributed by atoms with Crippen LogP contribution < -0.4 is 0 Å². The molecule has 0 aromatic heterocycles. The maximum atomic E-state index is 12.6. The third-order valence-electron chi connectivity index (χ3n) is 4.37. The van der Waals surface area contributed by atoms with Crippen LogP contribution in [-0.4, -0.2) is 34.7 Å². The van der Waals surface area contributed by atoms with Crippen LogP contribution in [0.25, 0.3) is 0 Å². The second-order valence-electron chi connectivity index (χ2n) is 6.01. The van der Waals surface area contributed by atoms with E-state index in [1.165, 1.54) is 4.90 Å². The molecule has 0 aliphatic carbocycles. The van der Waals surface area contributed by atoms with Gasteiger partial charge in [-0.1, -0.05) is 48.9 Å². The molecule has 22 heavy (non-hydrogen) atoms. The fraction of sp³-hybridized carbons (Fsp3) is 0.412. The van der Waals surface area contributed by atoms with Gasteiger partial charge in [0.05, 0.1) is 6.54 Å². The first-order chi connectivity index (χ1) is 10.6. The zero-order valence-electron chi connectivity index (χ0n) is 12.6. The second-order valence-corrected chi connectivity index (χ2v) is 6.39. The highest BCUT2D eigenvalue weighted by molar-refractivity contribution is 6.47. The van der Waals surface area contributed by atoms with E-state index in [-0.39, 0.29) is 23.4 Å². The van der Waals surface area contributed by atoms with Gasteiger partial charge in [0.1, 0.15) is 10.7 Å².